The van der Waals surface area contributed by atoms with Crippen molar-refractivity contribution in [2.24, 2.45) is 0 Å². The highest BCUT2D eigenvalue weighted by Crippen LogP contribution is 2.23. The molecule has 0 bridgehead atoms. The van der Waals surface area contributed by atoms with Crippen LogP contribution in [0.4, 0.5) is 5.69 Å². The number of aryl methyl sites for hydroxylation is 3. The van der Waals surface area contributed by atoms with Crippen LogP contribution in [0.25, 0.3) is 5.82 Å². The van der Waals surface area contributed by atoms with Crippen LogP contribution < -0.4 is 10.1 Å². The molecule has 0 saturated heterocycles. The van der Waals surface area contributed by atoms with E-state index < -0.39 is 0 Å². The number of anilines is 1. The van der Waals surface area contributed by atoms with E-state index in [0.29, 0.717) is 40.2 Å². The van der Waals surface area contributed by atoms with Gasteiger partial charge in [0.15, 0.2) is 5.82 Å². The topological polar surface area (TPSA) is 95.1 Å². The Bertz CT molecular complexity index is 1240. The Balaban J connectivity index is 1.42. The highest BCUT2D eigenvalue weighted by Gasteiger charge is 2.14. The molecule has 3 aromatic heterocycles. The summed E-state index contributed by atoms with van der Waals surface area (Å²) in [5, 5.41) is 15.7. The number of benzene rings is 1. The van der Waals surface area contributed by atoms with Gasteiger partial charge in [-0.15, -0.1) is 10.2 Å². The first-order valence-electron chi connectivity index (χ1n) is 9.85. The predicted octanol–water partition coefficient (Wildman–Crippen LogP) is 4.84. The fourth-order valence-corrected chi connectivity index (χ4v) is 3.21. The van der Waals surface area contributed by atoms with Gasteiger partial charge in [0.05, 0.1) is 11.3 Å². The number of rotatable bonds is 5. The first-order valence-corrected chi connectivity index (χ1v) is 9.85. The van der Waals surface area contributed by atoms with Crippen LogP contribution in [0.3, 0.4) is 0 Å². The molecule has 3 heterocycles. The predicted molar refractivity (Wildman–Crippen MR) is 116 cm³/mol. The van der Waals surface area contributed by atoms with Crippen molar-refractivity contribution in [3.05, 3.63) is 76.5 Å². The van der Waals surface area contributed by atoms with Crippen LogP contribution in [0.2, 0.25) is 0 Å². The number of nitrogens with zero attached hydrogens (tertiary/aromatic N) is 4. The molecule has 1 aromatic carbocycles. The van der Waals surface area contributed by atoms with Gasteiger partial charge in [0.1, 0.15) is 17.3 Å². The summed E-state index contributed by atoms with van der Waals surface area (Å²) in [7, 11) is 0. The fourth-order valence-electron chi connectivity index (χ4n) is 3.21. The number of amides is 1. The van der Waals surface area contributed by atoms with Crippen molar-refractivity contribution >= 4 is 11.6 Å². The maximum atomic E-state index is 12.4. The third-order valence-corrected chi connectivity index (χ3v) is 5.12. The minimum absolute atomic E-state index is 0.219. The highest BCUT2D eigenvalue weighted by atomic mass is 16.5. The summed E-state index contributed by atoms with van der Waals surface area (Å²) < 4.78 is 12.9. The maximum Gasteiger partial charge on any atom is 0.259 e. The molecule has 0 atom stereocenters. The standard InChI is InChI=1S/C23H23N5O3/c1-13-12-20(17(5)30-13)23(29)24-18-6-8-19(9-7-18)31-22-11-10-21(25-26-22)28-16(4)14(2)15(3)27-28/h6-12H,1-5H3,(H,24,29). The van der Waals surface area contributed by atoms with E-state index in [2.05, 4.69) is 20.6 Å². The molecule has 31 heavy (non-hydrogen) atoms. The second-order valence-electron chi connectivity index (χ2n) is 7.34. The number of furan rings is 1. The Morgan fingerprint density at radius 3 is 2.29 bits per heavy atom. The Morgan fingerprint density at radius 1 is 1.00 bits per heavy atom. The molecule has 0 aliphatic heterocycles. The van der Waals surface area contributed by atoms with E-state index in [1.165, 1.54) is 0 Å². The summed E-state index contributed by atoms with van der Waals surface area (Å²) in [6, 6.07) is 12.3. The lowest BCUT2D eigenvalue weighted by molar-refractivity contribution is 0.102. The van der Waals surface area contributed by atoms with Crippen molar-refractivity contribution in [3.8, 4) is 17.4 Å². The van der Waals surface area contributed by atoms with E-state index in [1.807, 2.05) is 33.8 Å². The molecule has 0 aliphatic carbocycles. The lowest BCUT2D eigenvalue weighted by Crippen LogP contribution is -2.11. The van der Waals surface area contributed by atoms with E-state index in [1.54, 1.807) is 48.0 Å². The normalized spacial score (nSPS) is 10.9. The Labute approximate surface area is 179 Å². The molecule has 0 saturated carbocycles. The lowest BCUT2D eigenvalue weighted by atomic mass is 10.2. The van der Waals surface area contributed by atoms with Gasteiger partial charge in [-0.05, 0) is 76.6 Å². The van der Waals surface area contributed by atoms with Crippen molar-refractivity contribution in [1.82, 2.24) is 20.0 Å². The van der Waals surface area contributed by atoms with Crippen molar-refractivity contribution in [2.75, 3.05) is 5.32 Å². The smallest absolute Gasteiger partial charge is 0.259 e. The van der Waals surface area contributed by atoms with Gasteiger partial charge < -0.3 is 14.5 Å². The average Bonchev–Trinajstić information content (AvgIpc) is 3.22. The fraction of sp³-hybridized carbons (Fsp3) is 0.217. The van der Waals surface area contributed by atoms with Crippen LogP contribution in [0.5, 0.6) is 11.6 Å². The van der Waals surface area contributed by atoms with Crippen LogP contribution in [-0.2, 0) is 0 Å². The Morgan fingerprint density at radius 2 is 1.74 bits per heavy atom. The lowest BCUT2D eigenvalue weighted by Gasteiger charge is -2.08. The summed E-state index contributed by atoms with van der Waals surface area (Å²) in [6.45, 7) is 9.57. The number of nitrogens with one attached hydrogen (secondary N) is 1. The molecule has 8 heteroatoms. The van der Waals surface area contributed by atoms with Crippen LogP contribution in [-0.4, -0.2) is 25.9 Å². The molecule has 0 aliphatic rings. The van der Waals surface area contributed by atoms with E-state index in [-0.39, 0.29) is 5.91 Å². The Hall–Kier alpha value is -3.94. The molecule has 4 rings (SSSR count). The van der Waals surface area contributed by atoms with Crippen molar-refractivity contribution in [2.45, 2.75) is 34.6 Å². The third kappa shape index (κ3) is 4.18. The first-order chi connectivity index (χ1) is 14.8. The molecule has 1 amide bonds. The summed E-state index contributed by atoms with van der Waals surface area (Å²) in [5.74, 6) is 2.65. The van der Waals surface area contributed by atoms with E-state index >= 15 is 0 Å². The molecule has 0 fully saturated rings. The van der Waals surface area contributed by atoms with Crippen molar-refractivity contribution < 1.29 is 13.9 Å². The summed E-state index contributed by atoms with van der Waals surface area (Å²) >= 11 is 0. The zero-order valence-corrected chi connectivity index (χ0v) is 18.1. The second kappa shape index (κ2) is 8.06. The molecule has 158 valence electrons. The summed E-state index contributed by atoms with van der Waals surface area (Å²) in [6.07, 6.45) is 0. The van der Waals surface area contributed by atoms with E-state index in [9.17, 15) is 4.79 Å². The maximum absolute atomic E-state index is 12.4. The van der Waals surface area contributed by atoms with Gasteiger partial charge in [0.25, 0.3) is 5.91 Å². The molecular formula is C23H23N5O3. The summed E-state index contributed by atoms with van der Waals surface area (Å²) in [4.78, 5) is 12.4. The van der Waals surface area contributed by atoms with Gasteiger partial charge >= 0.3 is 0 Å². The van der Waals surface area contributed by atoms with E-state index in [4.69, 9.17) is 9.15 Å². The monoisotopic (exact) mass is 417 g/mol. The van der Waals surface area contributed by atoms with Gasteiger partial charge in [-0.2, -0.15) is 5.10 Å². The van der Waals surface area contributed by atoms with Gasteiger partial charge in [0.2, 0.25) is 5.88 Å². The molecular weight excluding hydrogens is 394 g/mol. The molecule has 0 unspecified atom stereocenters. The first kappa shape index (κ1) is 20.3. The van der Waals surface area contributed by atoms with Crippen LogP contribution in [0, 0.1) is 34.6 Å². The zero-order valence-electron chi connectivity index (χ0n) is 18.1. The average molecular weight is 417 g/mol. The number of carbonyl (C=O) groups is 1. The summed E-state index contributed by atoms with van der Waals surface area (Å²) in [5.41, 5.74) is 4.29. The zero-order chi connectivity index (χ0) is 22.1. The molecule has 0 radical (unpaired) electrons. The Kier molecular flexibility index (Phi) is 5.29. The number of hydrogen-bond acceptors (Lipinski definition) is 6. The molecule has 4 aromatic rings. The van der Waals surface area contributed by atoms with Gasteiger partial charge in [-0.1, -0.05) is 0 Å². The van der Waals surface area contributed by atoms with Gasteiger partial charge in [0, 0.05) is 17.4 Å². The third-order valence-electron chi connectivity index (χ3n) is 5.12. The van der Waals surface area contributed by atoms with Crippen molar-refractivity contribution in [1.29, 1.82) is 0 Å². The van der Waals surface area contributed by atoms with Crippen LogP contribution >= 0.6 is 0 Å². The highest BCUT2D eigenvalue weighted by molar-refractivity contribution is 6.05. The largest absolute Gasteiger partial charge is 0.466 e. The minimum atomic E-state index is -0.219. The SMILES string of the molecule is Cc1cc(C(=O)Nc2ccc(Oc3ccc(-n4nc(C)c(C)c4C)nn3)cc2)c(C)o1. The van der Waals surface area contributed by atoms with E-state index in [0.717, 1.165) is 17.0 Å². The van der Waals surface area contributed by atoms with Crippen molar-refractivity contribution in [3.63, 3.8) is 0 Å². The molecule has 8 nitrogen and oxygen atoms in total. The van der Waals surface area contributed by atoms with Crippen LogP contribution in [0.15, 0.2) is 46.9 Å². The van der Waals surface area contributed by atoms with Gasteiger partial charge in [-0.25, -0.2) is 4.68 Å². The molecule has 1 N–H and O–H groups in total. The number of ether oxygens (including phenoxy) is 1. The van der Waals surface area contributed by atoms with Crippen LogP contribution in [0.1, 0.15) is 38.8 Å². The molecule has 0 spiro atoms. The number of aromatic nitrogens is 4. The second-order valence-corrected chi connectivity index (χ2v) is 7.34. The van der Waals surface area contributed by atoms with Gasteiger partial charge in [-0.3, -0.25) is 4.79 Å². The minimum Gasteiger partial charge on any atom is -0.466 e. The number of carbonyl (C=O) groups excluding carboxylic acids is 1. The quantitative estimate of drug-likeness (QED) is 0.499. The number of hydrogen-bond donors (Lipinski definition) is 1.